The number of rotatable bonds is 7. The number of ether oxygens (including phenoxy) is 3. The van der Waals surface area contributed by atoms with Crippen LogP contribution in [0.4, 0.5) is 5.69 Å². The van der Waals surface area contributed by atoms with Crippen LogP contribution < -0.4 is 14.8 Å². The maximum atomic E-state index is 12.3. The van der Waals surface area contributed by atoms with Gasteiger partial charge in [-0.25, -0.2) is 9.78 Å². The number of amides is 1. The number of thiazole rings is 1. The van der Waals surface area contributed by atoms with E-state index in [4.69, 9.17) is 18.6 Å². The van der Waals surface area contributed by atoms with Gasteiger partial charge in [-0.3, -0.25) is 4.79 Å². The summed E-state index contributed by atoms with van der Waals surface area (Å²) < 4.78 is 20.7. The molecule has 9 heteroatoms. The molecule has 0 aliphatic rings. The lowest BCUT2D eigenvalue weighted by molar-refractivity contribution is -0.119. The first-order chi connectivity index (χ1) is 13.5. The Balaban J connectivity index is 1.61. The maximum Gasteiger partial charge on any atom is 0.358 e. The lowest BCUT2D eigenvalue weighted by atomic mass is 10.2. The van der Waals surface area contributed by atoms with Gasteiger partial charge in [0.2, 0.25) is 0 Å². The number of furan rings is 1. The Morgan fingerprint density at radius 3 is 2.71 bits per heavy atom. The highest BCUT2D eigenvalue weighted by Crippen LogP contribution is 2.29. The zero-order valence-electron chi connectivity index (χ0n) is 15.5. The molecule has 0 radical (unpaired) electrons. The van der Waals surface area contributed by atoms with E-state index in [2.05, 4.69) is 10.3 Å². The first-order valence-corrected chi connectivity index (χ1v) is 9.03. The SMILES string of the molecule is COc1ccc(NC(=O)COC(=O)c2nc(-c3ccco3)sc2C)c(OC)c1. The topological polar surface area (TPSA) is 99.9 Å². The number of carbonyl (C=O) groups is 2. The van der Waals surface area contributed by atoms with Gasteiger partial charge in [-0.05, 0) is 31.2 Å². The first-order valence-electron chi connectivity index (χ1n) is 8.22. The summed E-state index contributed by atoms with van der Waals surface area (Å²) in [5.41, 5.74) is 0.598. The fraction of sp³-hybridized carbons (Fsp3) is 0.211. The predicted molar refractivity (Wildman–Crippen MR) is 103 cm³/mol. The summed E-state index contributed by atoms with van der Waals surface area (Å²) in [6, 6.07) is 8.44. The van der Waals surface area contributed by atoms with Crippen molar-refractivity contribution < 1.29 is 28.2 Å². The predicted octanol–water partition coefficient (Wildman–Crippen LogP) is 3.52. The average molecular weight is 402 g/mol. The third-order valence-electron chi connectivity index (χ3n) is 3.74. The Bertz CT molecular complexity index is 980. The minimum atomic E-state index is -0.677. The quantitative estimate of drug-likeness (QED) is 0.604. The van der Waals surface area contributed by atoms with Gasteiger partial charge in [0.25, 0.3) is 5.91 Å². The van der Waals surface area contributed by atoms with E-state index in [1.54, 1.807) is 37.3 Å². The molecule has 2 heterocycles. The summed E-state index contributed by atoms with van der Waals surface area (Å²) in [7, 11) is 3.01. The van der Waals surface area contributed by atoms with Gasteiger partial charge in [0.05, 0.1) is 26.2 Å². The van der Waals surface area contributed by atoms with Crippen LogP contribution in [0.5, 0.6) is 11.5 Å². The largest absolute Gasteiger partial charge is 0.497 e. The van der Waals surface area contributed by atoms with Gasteiger partial charge in [0.1, 0.15) is 11.5 Å². The maximum absolute atomic E-state index is 12.3. The molecular weight excluding hydrogens is 384 g/mol. The molecule has 0 saturated carbocycles. The molecule has 2 aromatic heterocycles. The molecule has 1 N–H and O–H groups in total. The molecule has 8 nitrogen and oxygen atoms in total. The van der Waals surface area contributed by atoms with Gasteiger partial charge in [0, 0.05) is 10.9 Å². The van der Waals surface area contributed by atoms with Crippen molar-refractivity contribution in [1.82, 2.24) is 4.98 Å². The van der Waals surface area contributed by atoms with E-state index in [1.807, 2.05) is 0 Å². The lowest BCUT2D eigenvalue weighted by Gasteiger charge is -2.11. The van der Waals surface area contributed by atoms with Gasteiger partial charge in [-0.1, -0.05) is 0 Å². The fourth-order valence-electron chi connectivity index (χ4n) is 2.38. The highest BCUT2D eigenvalue weighted by molar-refractivity contribution is 7.15. The molecule has 3 rings (SSSR count). The fourth-order valence-corrected chi connectivity index (χ4v) is 3.25. The highest BCUT2D eigenvalue weighted by Gasteiger charge is 2.20. The number of methoxy groups -OCH3 is 2. The third-order valence-corrected chi connectivity index (χ3v) is 4.72. The number of anilines is 1. The second-order valence-electron chi connectivity index (χ2n) is 5.59. The summed E-state index contributed by atoms with van der Waals surface area (Å²) >= 11 is 1.31. The van der Waals surface area contributed by atoms with Crippen LogP contribution >= 0.6 is 11.3 Å². The molecule has 0 spiro atoms. The third kappa shape index (κ3) is 4.32. The monoisotopic (exact) mass is 402 g/mol. The number of nitrogens with zero attached hydrogens (tertiary/aromatic N) is 1. The zero-order chi connectivity index (χ0) is 20.1. The smallest absolute Gasteiger partial charge is 0.358 e. The van der Waals surface area contributed by atoms with Crippen LogP contribution in [0.3, 0.4) is 0 Å². The van der Waals surface area contributed by atoms with E-state index in [0.717, 1.165) is 0 Å². The van der Waals surface area contributed by atoms with E-state index >= 15 is 0 Å². The molecule has 28 heavy (non-hydrogen) atoms. The van der Waals surface area contributed by atoms with Gasteiger partial charge in [-0.15, -0.1) is 11.3 Å². The Kier molecular flexibility index (Phi) is 5.95. The van der Waals surface area contributed by atoms with Crippen molar-refractivity contribution in [3.63, 3.8) is 0 Å². The molecule has 146 valence electrons. The molecule has 1 aromatic carbocycles. The number of benzene rings is 1. The molecule has 3 aromatic rings. The van der Waals surface area contributed by atoms with E-state index in [-0.39, 0.29) is 5.69 Å². The summed E-state index contributed by atoms with van der Waals surface area (Å²) in [5, 5.41) is 3.20. The lowest BCUT2D eigenvalue weighted by Crippen LogP contribution is -2.21. The van der Waals surface area contributed by atoms with E-state index < -0.39 is 18.5 Å². The van der Waals surface area contributed by atoms with E-state index in [9.17, 15) is 9.59 Å². The Labute approximate surface area is 165 Å². The average Bonchev–Trinajstić information content (AvgIpc) is 3.36. The Morgan fingerprint density at radius 1 is 1.21 bits per heavy atom. The number of hydrogen-bond donors (Lipinski definition) is 1. The molecule has 1 amide bonds. The van der Waals surface area contributed by atoms with Crippen molar-refractivity contribution in [1.29, 1.82) is 0 Å². The molecule has 0 aliphatic carbocycles. The standard InChI is InChI=1S/C19H18N2O6S/c1-11-17(21-18(28-11)14-5-4-8-26-14)19(23)27-10-16(22)20-13-7-6-12(24-2)9-15(13)25-3/h4-9H,10H2,1-3H3,(H,20,22). The summed E-state index contributed by atoms with van der Waals surface area (Å²) in [5.74, 6) is 0.404. The first kappa shape index (κ1) is 19.4. The molecule has 0 saturated heterocycles. The van der Waals surface area contributed by atoms with Gasteiger partial charge in [-0.2, -0.15) is 0 Å². The minimum absolute atomic E-state index is 0.159. The summed E-state index contributed by atoms with van der Waals surface area (Å²) in [6.07, 6.45) is 1.53. The molecule has 0 fully saturated rings. The molecule has 0 aliphatic heterocycles. The van der Waals surface area contributed by atoms with Crippen molar-refractivity contribution >= 4 is 28.9 Å². The van der Waals surface area contributed by atoms with Crippen molar-refractivity contribution in [3.8, 4) is 22.3 Å². The van der Waals surface area contributed by atoms with Crippen molar-refractivity contribution in [2.45, 2.75) is 6.92 Å². The number of carbonyl (C=O) groups excluding carboxylic acids is 2. The number of hydrogen-bond acceptors (Lipinski definition) is 8. The minimum Gasteiger partial charge on any atom is -0.497 e. The van der Waals surface area contributed by atoms with Crippen LogP contribution in [0.15, 0.2) is 41.0 Å². The normalized spacial score (nSPS) is 10.4. The van der Waals surface area contributed by atoms with Crippen LogP contribution in [0.2, 0.25) is 0 Å². The van der Waals surface area contributed by atoms with E-state index in [0.29, 0.717) is 32.8 Å². The summed E-state index contributed by atoms with van der Waals surface area (Å²) in [6.45, 7) is 1.30. The van der Waals surface area contributed by atoms with Gasteiger partial charge in [0.15, 0.2) is 23.1 Å². The number of aryl methyl sites for hydroxylation is 1. The molecule has 0 unspecified atom stereocenters. The summed E-state index contributed by atoms with van der Waals surface area (Å²) in [4.78, 5) is 29.3. The van der Waals surface area contributed by atoms with Crippen LogP contribution in [-0.4, -0.2) is 37.7 Å². The van der Waals surface area contributed by atoms with Crippen molar-refractivity contribution in [2.75, 3.05) is 26.1 Å². The van der Waals surface area contributed by atoms with Crippen molar-refractivity contribution in [3.05, 3.63) is 47.2 Å². The van der Waals surface area contributed by atoms with Gasteiger partial charge >= 0.3 is 5.97 Å². The second kappa shape index (κ2) is 8.57. The highest BCUT2D eigenvalue weighted by atomic mass is 32.1. The number of nitrogens with one attached hydrogen (secondary N) is 1. The molecule has 0 atom stereocenters. The Hall–Kier alpha value is -3.33. The number of esters is 1. The second-order valence-corrected chi connectivity index (χ2v) is 6.79. The molecule has 0 bridgehead atoms. The van der Waals surface area contributed by atoms with Crippen LogP contribution in [0.1, 0.15) is 15.4 Å². The zero-order valence-corrected chi connectivity index (χ0v) is 16.3. The number of aromatic nitrogens is 1. The molecular formula is C19H18N2O6S. The van der Waals surface area contributed by atoms with Crippen LogP contribution in [0.25, 0.3) is 10.8 Å². The Morgan fingerprint density at radius 2 is 2.04 bits per heavy atom. The van der Waals surface area contributed by atoms with E-state index in [1.165, 1.54) is 31.8 Å². The van der Waals surface area contributed by atoms with Crippen molar-refractivity contribution in [2.24, 2.45) is 0 Å². The van der Waals surface area contributed by atoms with Gasteiger partial charge < -0.3 is 23.9 Å². The van der Waals surface area contributed by atoms with Crippen LogP contribution in [-0.2, 0) is 9.53 Å². The van der Waals surface area contributed by atoms with Crippen LogP contribution in [0, 0.1) is 6.92 Å².